The van der Waals surface area contributed by atoms with Crippen molar-refractivity contribution < 1.29 is 9.18 Å². The number of hydrogen-bond donors (Lipinski definition) is 0. The highest BCUT2D eigenvalue weighted by molar-refractivity contribution is 7.22. The van der Waals surface area contributed by atoms with Crippen molar-refractivity contribution in [2.45, 2.75) is 20.8 Å². The predicted molar refractivity (Wildman–Crippen MR) is 110 cm³/mol. The van der Waals surface area contributed by atoms with Crippen LogP contribution in [0.3, 0.4) is 0 Å². The van der Waals surface area contributed by atoms with Crippen molar-refractivity contribution in [1.29, 1.82) is 0 Å². The lowest BCUT2D eigenvalue weighted by molar-refractivity contribution is 0.0983. The second kappa shape index (κ2) is 8.59. The number of hydrogen-bond acceptors (Lipinski definition) is 4. The highest BCUT2D eigenvalue weighted by atomic mass is 32.1. The minimum Gasteiger partial charge on any atom is -0.302 e. The van der Waals surface area contributed by atoms with Crippen LogP contribution in [0.4, 0.5) is 9.52 Å². The summed E-state index contributed by atoms with van der Waals surface area (Å²) in [4.78, 5) is 21.8. The molecule has 6 heteroatoms. The molecule has 0 atom stereocenters. The third-order valence-corrected chi connectivity index (χ3v) is 5.68. The van der Waals surface area contributed by atoms with Crippen LogP contribution in [0.1, 0.15) is 29.8 Å². The maximum atomic E-state index is 13.3. The quantitative estimate of drug-likeness (QED) is 0.590. The minimum atomic E-state index is -0.350. The molecule has 27 heavy (non-hydrogen) atoms. The Kier molecular flexibility index (Phi) is 6.19. The van der Waals surface area contributed by atoms with Gasteiger partial charge in [0.15, 0.2) is 5.13 Å². The average Bonchev–Trinajstić information content (AvgIpc) is 3.08. The first-order valence-electron chi connectivity index (χ1n) is 9.18. The van der Waals surface area contributed by atoms with Crippen molar-refractivity contribution in [2.24, 2.45) is 0 Å². The molecule has 0 aliphatic rings. The zero-order valence-electron chi connectivity index (χ0n) is 15.9. The van der Waals surface area contributed by atoms with E-state index in [1.165, 1.54) is 35.6 Å². The van der Waals surface area contributed by atoms with Gasteiger partial charge in [0, 0.05) is 18.7 Å². The molecule has 0 radical (unpaired) electrons. The Morgan fingerprint density at radius 3 is 2.44 bits per heavy atom. The molecule has 0 unspecified atom stereocenters. The largest absolute Gasteiger partial charge is 0.302 e. The molecule has 3 rings (SSSR count). The Hall–Kier alpha value is -2.31. The zero-order valence-corrected chi connectivity index (χ0v) is 16.7. The number of anilines is 1. The number of halogens is 1. The van der Waals surface area contributed by atoms with Crippen LogP contribution in [0.2, 0.25) is 0 Å². The lowest BCUT2D eigenvalue weighted by atomic mass is 10.2. The molecule has 4 nitrogen and oxygen atoms in total. The molecule has 3 aromatic rings. The highest BCUT2D eigenvalue weighted by Gasteiger charge is 2.22. The summed E-state index contributed by atoms with van der Waals surface area (Å²) in [6, 6.07) is 11.8. The standard InChI is InChI=1S/C21H24FN3OS/c1-4-24(5-2)12-13-25(20(26)16-7-9-17(22)10-8-16)21-23-18-11-6-15(3)14-19(18)27-21/h6-11,14H,4-5,12-13H2,1-3H3. The van der Waals surface area contributed by atoms with Crippen LogP contribution in [-0.4, -0.2) is 42.0 Å². The van der Waals surface area contributed by atoms with Crippen LogP contribution >= 0.6 is 11.3 Å². The summed E-state index contributed by atoms with van der Waals surface area (Å²) in [7, 11) is 0. The van der Waals surface area contributed by atoms with Crippen molar-refractivity contribution in [2.75, 3.05) is 31.1 Å². The number of thiazole rings is 1. The van der Waals surface area contributed by atoms with Gasteiger partial charge in [0.05, 0.1) is 10.2 Å². The molecule has 1 heterocycles. The third kappa shape index (κ3) is 4.51. The van der Waals surface area contributed by atoms with Crippen molar-refractivity contribution in [1.82, 2.24) is 9.88 Å². The minimum absolute atomic E-state index is 0.155. The van der Waals surface area contributed by atoms with Crippen LogP contribution in [0.15, 0.2) is 42.5 Å². The first kappa shape index (κ1) is 19.5. The van der Waals surface area contributed by atoms with Crippen LogP contribution < -0.4 is 4.90 Å². The fourth-order valence-corrected chi connectivity index (χ4v) is 4.04. The summed E-state index contributed by atoms with van der Waals surface area (Å²) in [5.41, 5.74) is 2.52. The summed E-state index contributed by atoms with van der Waals surface area (Å²) in [5.74, 6) is -0.505. The highest BCUT2D eigenvalue weighted by Crippen LogP contribution is 2.30. The number of aryl methyl sites for hydroxylation is 1. The molecule has 1 aromatic heterocycles. The number of rotatable bonds is 7. The molecule has 0 saturated heterocycles. The van der Waals surface area contributed by atoms with Gasteiger partial charge in [-0.3, -0.25) is 9.69 Å². The summed E-state index contributed by atoms with van der Waals surface area (Å²) < 4.78 is 14.3. The normalized spacial score (nSPS) is 11.3. The predicted octanol–water partition coefficient (Wildman–Crippen LogP) is 4.73. The second-order valence-electron chi connectivity index (χ2n) is 6.46. The van der Waals surface area contributed by atoms with Gasteiger partial charge in [0.2, 0.25) is 0 Å². The summed E-state index contributed by atoms with van der Waals surface area (Å²) in [6.07, 6.45) is 0. The smallest absolute Gasteiger partial charge is 0.260 e. The van der Waals surface area contributed by atoms with E-state index in [4.69, 9.17) is 0 Å². The molecule has 142 valence electrons. The number of benzene rings is 2. The lowest BCUT2D eigenvalue weighted by Crippen LogP contribution is -2.38. The van der Waals surface area contributed by atoms with Crippen LogP contribution in [0.5, 0.6) is 0 Å². The molecule has 0 N–H and O–H groups in total. The molecular weight excluding hydrogens is 361 g/mol. The molecule has 0 saturated carbocycles. The van der Waals surface area contributed by atoms with Gasteiger partial charge in [-0.2, -0.15) is 0 Å². The Morgan fingerprint density at radius 2 is 1.78 bits per heavy atom. The molecule has 0 aliphatic heterocycles. The second-order valence-corrected chi connectivity index (χ2v) is 7.47. The van der Waals surface area contributed by atoms with Gasteiger partial charge in [-0.15, -0.1) is 0 Å². The summed E-state index contributed by atoms with van der Waals surface area (Å²) in [6.45, 7) is 9.40. The number of carbonyl (C=O) groups is 1. The molecular formula is C21H24FN3OS. The van der Waals surface area contributed by atoms with Crippen LogP contribution in [0.25, 0.3) is 10.2 Å². The lowest BCUT2D eigenvalue weighted by Gasteiger charge is -2.24. The molecule has 0 aliphatic carbocycles. The SMILES string of the molecule is CCN(CC)CCN(C(=O)c1ccc(F)cc1)c1nc2ccc(C)cc2s1. The molecule has 1 amide bonds. The van der Waals surface area contributed by atoms with E-state index in [0.29, 0.717) is 17.2 Å². The van der Waals surface area contributed by atoms with Crippen molar-refractivity contribution in [3.8, 4) is 0 Å². The molecule has 0 bridgehead atoms. The van der Waals surface area contributed by atoms with E-state index in [-0.39, 0.29) is 11.7 Å². The number of aromatic nitrogens is 1. The Balaban J connectivity index is 1.94. The Morgan fingerprint density at radius 1 is 1.07 bits per heavy atom. The number of fused-ring (bicyclic) bond motifs is 1. The summed E-state index contributed by atoms with van der Waals surface area (Å²) in [5, 5.41) is 0.678. The maximum absolute atomic E-state index is 13.3. The zero-order chi connectivity index (χ0) is 19.4. The Bertz CT molecular complexity index is 919. The van der Waals surface area contributed by atoms with Gasteiger partial charge in [0.25, 0.3) is 5.91 Å². The molecule has 2 aromatic carbocycles. The van der Waals surface area contributed by atoms with E-state index < -0.39 is 0 Å². The number of amides is 1. The van der Waals surface area contributed by atoms with E-state index in [1.54, 1.807) is 4.90 Å². The van der Waals surface area contributed by atoms with Crippen LogP contribution in [0, 0.1) is 12.7 Å². The topological polar surface area (TPSA) is 36.4 Å². The van der Waals surface area contributed by atoms with Gasteiger partial charge in [0.1, 0.15) is 5.82 Å². The van der Waals surface area contributed by atoms with Gasteiger partial charge >= 0.3 is 0 Å². The van der Waals surface area contributed by atoms with Crippen molar-refractivity contribution in [3.63, 3.8) is 0 Å². The fraction of sp³-hybridized carbons (Fsp3) is 0.333. The number of nitrogens with zero attached hydrogens (tertiary/aromatic N) is 3. The molecule has 0 spiro atoms. The van der Waals surface area contributed by atoms with E-state index >= 15 is 0 Å². The first-order valence-corrected chi connectivity index (χ1v) is 10.0. The van der Waals surface area contributed by atoms with E-state index in [1.807, 2.05) is 19.1 Å². The van der Waals surface area contributed by atoms with Gasteiger partial charge in [-0.25, -0.2) is 9.37 Å². The number of carbonyl (C=O) groups excluding carboxylic acids is 1. The first-order chi connectivity index (χ1) is 13.0. The van der Waals surface area contributed by atoms with Gasteiger partial charge in [-0.05, 0) is 62.0 Å². The van der Waals surface area contributed by atoms with Gasteiger partial charge in [-0.1, -0.05) is 31.3 Å². The average molecular weight is 386 g/mol. The third-order valence-electron chi connectivity index (χ3n) is 4.63. The van der Waals surface area contributed by atoms with Crippen molar-refractivity contribution in [3.05, 3.63) is 59.4 Å². The fourth-order valence-electron chi connectivity index (χ4n) is 2.95. The number of likely N-dealkylation sites (N-methyl/N-ethyl adjacent to an activating group) is 1. The van der Waals surface area contributed by atoms with Gasteiger partial charge < -0.3 is 4.90 Å². The van der Waals surface area contributed by atoms with Crippen LogP contribution in [-0.2, 0) is 0 Å². The van der Waals surface area contributed by atoms with E-state index in [9.17, 15) is 9.18 Å². The maximum Gasteiger partial charge on any atom is 0.260 e. The van der Waals surface area contributed by atoms with E-state index in [2.05, 4.69) is 29.8 Å². The van der Waals surface area contributed by atoms with E-state index in [0.717, 1.165) is 35.4 Å². The summed E-state index contributed by atoms with van der Waals surface area (Å²) >= 11 is 1.51. The van der Waals surface area contributed by atoms with Crippen molar-refractivity contribution >= 4 is 32.6 Å². The monoisotopic (exact) mass is 385 g/mol. The molecule has 0 fully saturated rings. The Labute approximate surface area is 163 Å².